The lowest BCUT2D eigenvalue weighted by Crippen LogP contribution is -1.96. The molecule has 0 aliphatic carbocycles. The molecule has 3 aromatic rings. The summed E-state index contributed by atoms with van der Waals surface area (Å²) in [5, 5.41) is 4.44. The molecule has 0 spiro atoms. The lowest BCUT2D eigenvalue weighted by Gasteiger charge is -2.03. The number of H-pyrrole nitrogens is 1. The van der Waals surface area contributed by atoms with Crippen LogP contribution in [-0.4, -0.2) is 14.8 Å². The summed E-state index contributed by atoms with van der Waals surface area (Å²) in [7, 11) is 0. The van der Waals surface area contributed by atoms with Crippen molar-refractivity contribution >= 4 is 0 Å². The third-order valence-corrected chi connectivity index (χ3v) is 2.77. The minimum absolute atomic E-state index is 0.247. The average Bonchev–Trinajstić information content (AvgIpc) is 2.99. The number of hydrogen-bond donors (Lipinski definition) is 1. The number of benzene rings is 1. The standard InChI is InChI=1S/C14H12FN3/c1-10-6-12(15)8-13(7-10)18-5-3-14(17-18)11-2-4-16-9-11/h2-9,16H,1H3. The molecule has 0 radical (unpaired) electrons. The summed E-state index contributed by atoms with van der Waals surface area (Å²) in [5.74, 6) is -0.247. The van der Waals surface area contributed by atoms with Crippen LogP contribution in [0.1, 0.15) is 5.56 Å². The van der Waals surface area contributed by atoms with Crippen molar-refractivity contribution in [1.82, 2.24) is 14.8 Å². The van der Waals surface area contributed by atoms with Crippen molar-refractivity contribution in [2.45, 2.75) is 6.92 Å². The lowest BCUT2D eigenvalue weighted by molar-refractivity contribution is 0.624. The molecule has 3 nitrogen and oxygen atoms in total. The molecule has 1 aromatic carbocycles. The summed E-state index contributed by atoms with van der Waals surface area (Å²) >= 11 is 0. The highest BCUT2D eigenvalue weighted by atomic mass is 19.1. The van der Waals surface area contributed by atoms with Gasteiger partial charge in [0, 0.05) is 24.2 Å². The monoisotopic (exact) mass is 241 g/mol. The van der Waals surface area contributed by atoms with Crippen LogP contribution in [0.2, 0.25) is 0 Å². The number of aromatic nitrogens is 3. The quantitative estimate of drug-likeness (QED) is 0.733. The van der Waals surface area contributed by atoms with Crippen molar-refractivity contribution in [1.29, 1.82) is 0 Å². The maximum Gasteiger partial charge on any atom is 0.125 e. The van der Waals surface area contributed by atoms with E-state index in [1.165, 1.54) is 12.1 Å². The van der Waals surface area contributed by atoms with Crippen LogP contribution in [0.5, 0.6) is 0 Å². The van der Waals surface area contributed by atoms with Crippen molar-refractivity contribution in [3.63, 3.8) is 0 Å². The number of aromatic amines is 1. The van der Waals surface area contributed by atoms with Crippen LogP contribution < -0.4 is 0 Å². The van der Waals surface area contributed by atoms with E-state index in [2.05, 4.69) is 10.1 Å². The van der Waals surface area contributed by atoms with Gasteiger partial charge < -0.3 is 4.98 Å². The fourth-order valence-corrected chi connectivity index (χ4v) is 1.95. The van der Waals surface area contributed by atoms with Gasteiger partial charge in [-0.15, -0.1) is 0 Å². The van der Waals surface area contributed by atoms with Crippen molar-refractivity contribution in [2.75, 3.05) is 0 Å². The van der Waals surface area contributed by atoms with Crippen molar-refractivity contribution in [2.24, 2.45) is 0 Å². The molecule has 0 amide bonds. The number of rotatable bonds is 2. The first-order chi connectivity index (χ1) is 8.72. The van der Waals surface area contributed by atoms with Crippen LogP contribution in [0.3, 0.4) is 0 Å². The predicted molar refractivity (Wildman–Crippen MR) is 68.0 cm³/mol. The summed E-state index contributed by atoms with van der Waals surface area (Å²) in [5.41, 5.74) is 3.48. The summed E-state index contributed by atoms with van der Waals surface area (Å²) in [6.07, 6.45) is 5.56. The Morgan fingerprint density at radius 3 is 2.83 bits per heavy atom. The molecular weight excluding hydrogens is 229 g/mol. The summed E-state index contributed by atoms with van der Waals surface area (Å²) in [6.45, 7) is 1.86. The van der Waals surface area contributed by atoms with Crippen LogP contribution in [0.25, 0.3) is 16.9 Å². The van der Waals surface area contributed by atoms with Gasteiger partial charge in [0.25, 0.3) is 0 Å². The largest absolute Gasteiger partial charge is 0.367 e. The van der Waals surface area contributed by atoms with E-state index >= 15 is 0 Å². The first kappa shape index (κ1) is 10.8. The van der Waals surface area contributed by atoms with E-state index in [1.54, 1.807) is 4.68 Å². The highest BCUT2D eigenvalue weighted by molar-refractivity contribution is 5.57. The first-order valence-corrected chi connectivity index (χ1v) is 5.69. The number of hydrogen-bond acceptors (Lipinski definition) is 1. The van der Waals surface area contributed by atoms with E-state index in [9.17, 15) is 4.39 Å². The molecule has 4 heteroatoms. The molecule has 18 heavy (non-hydrogen) atoms. The molecule has 2 heterocycles. The van der Waals surface area contributed by atoms with Gasteiger partial charge in [-0.1, -0.05) is 0 Å². The van der Waals surface area contributed by atoms with Crippen LogP contribution in [-0.2, 0) is 0 Å². The summed E-state index contributed by atoms with van der Waals surface area (Å²) in [4.78, 5) is 2.99. The van der Waals surface area contributed by atoms with E-state index in [-0.39, 0.29) is 5.82 Å². The first-order valence-electron chi connectivity index (χ1n) is 5.69. The lowest BCUT2D eigenvalue weighted by atomic mass is 10.2. The zero-order valence-electron chi connectivity index (χ0n) is 9.89. The third-order valence-electron chi connectivity index (χ3n) is 2.77. The van der Waals surface area contributed by atoms with Gasteiger partial charge in [0.2, 0.25) is 0 Å². The van der Waals surface area contributed by atoms with Crippen LogP contribution in [0.15, 0.2) is 48.9 Å². The van der Waals surface area contributed by atoms with Gasteiger partial charge in [0.05, 0.1) is 11.4 Å². The van der Waals surface area contributed by atoms with Gasteiger partial charge in [-0.2, -0.15) is 5.10 Å². The summed E-state index contributed by atoms with van der Waals surface area (Å²) < 4.78 is 15.0. The molecular formula is C14H12FN3. The highest BCUT2D eigenvalue weighted by Crippen LogP contribution is 2.18. The van der Waals surface area contributed by atoms with Crippen molar-refractivity contribution < 1.29 is 4.39 Å². The van der Waals surface area contributed by atoms with Crippen molar-refractivity contribution in [3.8, 4) is 16.9 Å². The topological polar surface area (TPSA) is 33.6 Å². The Hall–Kier alpha value is -2.36. The number of aryl methyl sites for hydroxylation is 1. The van der Waals surface area contributed by atoms with Crippen molar-refractivity contribution in [3.05, 3.63) is 60.3 Å². The molecule has 0 aliphatic rings. The van der Waals surface area contributed by atoms with Gasteiger partial charge in [0.15, 0.2) is 0 Å². The molecule has 1 N–H and O–H groups in total. The average molecular weight is 241 g/mol. The smallest absolute Gasteiger partial charge is 0.125 e. The van der Waals surface area contributed by atoms with E-state index in [1.807, 2.05) is 43.7 Å². The number of nitrogens with one attached hydrogen (secondary N) is 1. The maximum absolute atomic E-state index is 13.3. The van der Waals surface area contributed by atoms with E-state index in [0.717, 1.165) is 22.5 Å². The van der Waals surface area contributed by atoms with Gasteiger partial charge in [-0.3, -0.25) is 0 Å². The second-order valence-corrected chi connectivity index (χ2v) is 4.23. The highest BCUT2D eigenvalue weighted by Gasteiger charge is 2.05. The Labute approximate surface area is 104 Å². The van der Waals surface area contributed by atoms with E-state index < -0.39 is 0 Å². The third kappa shape index (κ3) is 1.93. The number of halogens is 1. The van der Waals surface area contributed by atoms with Crippen LogP contribution in [0, 0.1) is 12.7 Å². The van der Waals surface area contributed by atoms with Gasteiger partial charge in [-0.25, -0.2) is 9.07 Å². The number of nitrogens with zero attached hydrogens (tertiary/aromatic N) is 2. The SMILES string of the molecule is Cc1cc(F)cc(-n2ccc(-c3cc[nH]c3)n2)c1. The second-order valence-electron chi connectivity index (χ2n) is 4.23. The van der Waals surface area contributed by atoms with Gasteiger partial charge in [-0.05, 0) is 42.8 Å². The molecule has 0 atom stereocenters. The molecule has 0 aliphatic heterocycles. The molecule has 0 saturated carbocycles. The normalized spacial score (nSPS) is 10.8. The summed E-state index contributed by atoms with van der Waals surface area (Å²) in [6, 6.07) is 8.73. The van der Waals surface area contributed by atoms with E-state index in [0.29, 0.717) is 0 Å². The molecule has 0 bridgehead atoms. The Kier molecular flexibility index (Phi) is 2.48. The Bertz CT molecular complexity index is 648. The van der Waals surface area contributed by atoms with Gasteiger partial charge in [0.1, 0.15) is 5.82 Å². The van der Waals surface area contributed by atoms with Crippen LogP contribution >= 0.6 is 0 Å². The second kappa shape index (κ2) is 4.14. The molecule has 0 saturated heterocycles. The fourth-order valence-electron chi connectivity index (χ4n) is 1.95. The molecule has 0 fully saturated rings. The molecule has 90 valence electrons. The maximum atomic E-state index is 13.3. The van der Waals surface area contributed by atoms with E-state index in [4.69, 9.17) is 0 Å². The minimum Gasteiger partial charge on any atom is -0.367 e. The minimum atomic E-state index is -0.247. The Balaban J connectivity index is 2.03. The fraction of sp³-hybridized carbons (Fsp3) is 0.0714. The Morgan fingerprint density at radius 2 is 2.11 bits per heavy atom. The predicted octanol–water partition coefficient (Wildman–Crippen LogP) is 3.31. The Morgan fingerprint density at radius 1 is 1.22 bits per heavy atom. The molecule has 3 rings (SSSR count). The van der Waals surface area contributed by atoms with Crippen LogP contribution in [0.4, 0.5) is 4.39 Å². The molecule has 2 aromatic heterocycles. The zero-order valence-corrected chi connectivity index (χ0v) is 9.89. The molecule has 0 unspecified atom stereocenters. The zero-order chi connectivity index (χ0) is 12.5. The van der Waals surface area contributed by atoms with Gasteiger partial charge >= 0.3 is 0 Å².